The minimum atomic E-state index is -6.09. The first-order chi connectivity index (χ1) is 63.4. The summed E-state index contributed by atoms with van der Waals surface area (Å²) in [5.41, 5.74) is -5.80. The molecule has 8 fully saturated rings. The Morgan fingerprint density at radius 2 is 0.284 bits per heavy atom. The molecule has 0 spiro atoms. The summed E-state index contributed by atoms with van der Waals surface area (Å²) >= 11 is 0. The second-order valence-electron chi connectivity index (χ2n) is 39.2. The maximum atomic E-state index is 10.7. The molecule has 872 valence electrons. The normalized spacial score (nSPS) is 27.0. The molecule has 40 heteroatoms. The van der Waals surface area contributed by atoms with Crippen LogP contribution in [0, 0.1) is 59.4 Å². The molecule has 16 atom stereocenters. The summed E-state index contributed by atoms with van der Waals surface area (Å²) in [4.78, 5) is 0. The third-order valence-electron chi connectivity index (χ3n) is 28.5. The van der Waals surface area contributed by atoms with Crippen LogP contribution in [0.1, 0.15) is 316 Å². The van der Waals surface area contributed by atoms with Crippen molar-refractivity contribution in [1.82, 2.24) is 0 Å². The van der Waals surface area contributed by atoms with E-state index in [0.29, 0.717) is 0 Å². The molecule has 0 N–H and O–H groups in total. The number of benzene rings is 2. The molecule has 0 saturated carbocycles. The van der Waals surface area contributed by atoms with Gasteiger partial charge >= 0.3 is 99.9 Å². The summed E-state index contributed by atoms with van der Waals surface area (Å²) in [5.74, 6) is 0. The predicted octanol–water partition coefficient (Wildman–Crippen LogP) is 32.6. The van der Waals surface area contributed by atoms with Crippen molar-refractivity contribution in [1.29, 1.82) is 0 Å². The molecule has 12 nitrogen and oxygen atoms in total. The minimum Gasteiger partial charge on any atom is -0.741 e. The summed E-state index contributed by atoms with van der Waals surface area (Å²) in [7, 11) is -25.6. The molecule has 12 aliphatic rings. The van der Waals surface area contributed by atoms with Crippen LogP contribution < -0.4 is 21.2 Å². The van der Waals surface area contributed by atoms with E-state index in [-0.39, 0.29) is 201 Å². The van der Waals surface area contributed by atoms with Gasteiger partial charge < -0.3 is 77.6 Å². The van der Waals surface area contributed by atoms with Gasteiger partial charge in [0.25, 0.3) is 0 Å². The van der Waals surface area contributed by atoms with E-state index in [4.69, 9.17) is 51.9 Å². The number of allylic oxidation sites excluding steroid dienone is 16. The molecular weight excluding hydrogens is 2500 g/mol. The van der Waals surface area contributed by atoms with E-state index in [2.05, 4.69) is 257 Å². The monoisotopic (exact) mass is 2700 g/mol. The van der Waals surface area contributed by atoms with Gasteiger partial charge in [0.1, 0.15) is 21.2 Å². The van der Waals surface area contributed by atoms with Gasteiger partial charge in [0, 0.05) is 63.4 Å². The largest absolute Gasteiger partial charge is 3.00 e. The molecule has 0 radical (unpaired) electrons. The Kier molecular flexibility index (Phi) is 98.1. The zero-order valence-electron chi connectivity index (χ0n) is 93.0. The van der Waals surface area contributed by atoms with E-state index >= 15 is 0 Å². The topological polar surface area (TPSA) is 229 Å². The molecule has 8 saturated heterocycles. The fourth-order valence-electron chi connectivity index (χ4n) is 20.7. The molecule has 0 aromatic heterocycles. The van der Waals surface area contributed by atoms with Crippen molar-refractivity contribution >= 4 is 125 Å². The van der Waals surface area contributed by atoms with Crippen molar-refractivity contribution in [3.05, 3.63) is 205 Å². The van der Waals surface area contributed by atoms with Gasteiger partial charge in [-0.15, -0.1) is 0 Å². The van der Waals surface area contributed by atoms with Gasteiger partial charge in [-0.2, -0.15) is 52.7 Å². The Labute approximate surface area is 957 Å². The van der Waals surface area contributed by atoms with Gasteiger partial charge in [-0.25, -0.2) is 33.7 Å². The fraction of sp³-hybridized carbons (Fsp3) is 0.667. The molecule has 0 amide bonds. The average Bonchev–Trinajstić information content (AvgIpc) is 1.62. The maximum absolute atomic E-state index is 10.7. The molecular formula is C108H192F12O12P8Rh4S4+8. The van der Waals surface area contributed by atoms with E-state index < -0.39 is 62.5 Å². The van der Waals surface area contributed by atoms with Crippen LogP contribution in [0.15, 0.2) is 146 Å². The van der Waals surface area contributed by atoms with E-state index in [0.717, 1.165) is 90.5 Å². The third kappa shape index (κ3) is 64.2. The van der Waals surface area contributed by atoms with Crippen LogP contribution in [0.4, 0.5) is 52.7 Å². The summed E-state index contributed by atoms with van der Waals surface area (Å²) in [5, 5.41) is 7.35. The van der Waals surface area contributed by atoms with Gasteiger partial charge in [-0.1, -0.05) is 121 Å². The van der Waals surface area contributed by atoms with Crippen molar-refractivity contribution in [2.24, 2.45) is 0 Å². The molecule has 8 heterocycles. The van der Waals surface area contributed by atoms with Crippen LogP contribution in [0.2, 0.25) is 0 Å². The van der Waals surface area contributed by atoms with E-state index in [1.165, 1.54) is 154 Å². The Bertz CT molecular complexity index is 3740. The second-order valence-corrected chi connectivity index (χ2v) is 72.9. The SMILES string of the molecule is C1=CCC/C=C\CC1.C1=CCC/C=C\CC1.C1=CCC/C=C\CC1.C1=CCC/C=C\CC1.C[C@@H]1CC[C@@H](C)[PH+]1CC[PH+]1[C@H](C)CC[C@H]1C.C[C@@H]1CC[C@@H](C)[PH+]1c1ccccc1[PH+]1[C@H](C)CC[C@H]1C.C[C@H]1CC[C@H](C)[PH+]1CC[PH+]1[C@@H](C)CC[C@@H]1C.C[C@H]1CC[C@H](C)[PH+]1c1ccccc1[PH+]1[C@@H](C)CC[C@@H]1C.O=S(=O)([O-])C(F)(F)F.O=S(=O)([O-])C(F)(F)F.O=S(=O)([O-])C(F)(F)F.O=S(=O)([O-])C(F)(F)F.[CH3-].[CH3-].[CH3-].[CH3-].[CH3-].[CH3-].[CH3-].[CH3-].[Rh+3].[Rh+3].[Rh+3].[Rh+3]. The number of hydrogen-bond donors (Lipinski definition) is 0. The number of alkyl halides is 12. The van der Waals surface area contributed by atoms with Crippen molar-refractivity contribution < 1.29 is 182 Å². The standard InChI is InChI=1S/2C18H28P2.2C14H28P2.4C8H12.4CHF3O3S.8CH3.4Rh/c2*1-13-9-10-14(2)19(13)17-7-5-6-8-18(17)20-15(3)11-12-16(20)4;2*1-11-5-6-12(2)15(11)9-10-16-13(3)7-8-14(16)4;4*1-2-4-6-8-7-5-3-1;4*2-1(3,4)8(5,6)7;;;;;;;;;;;;/h2*5-8,13-16H,9-12H2,1-4H3;2*11-14H,5-10H2,1-4H3;4*1-2,7-8H,3-6H2;4*(H,5,6,7);8*1H3;;;;/q;;;;;;;;;;;;8*-1;4*+3/p+4/b;;;;4*2-1-,8-7?;;;;;;;;;;;;;;;;/t2*13-,14-,15-,16-;2*11-,12-,13-,14-;;;;;;;;;;;;;;;;;;;;/m1010..................../s1. The molecule has 4 aliphatic carbocycles. The minimum absolute atomic E-state index is 0. The van der Waals surface area contributed by atoms with Crippen LogP contribution in [-0.2, 0) is 118 Å². The zero-order valence-corrected chi connectivity index (χ0v) is 111. The van der Waals surface area contributed by atoms with Crippen LogP contribution in [0.25, 0.3) is 0 Å². The second kappa shape index (κ2) is 85.9. The Morgan fingerprint density at radius 1 is 0.203 bits per heavy atom. The van der Waals surface area contributed by atoms with E-state index in [1.54, 1.807) is 76.0 Å². The molecule has 0 unspecified atom stereocenters. The first kappa shape index (κ1) is 169. The van der Waals surface area contributed by atoms with Crippen molar-refractivity contribution in [2.45, 2.75) is 429 Å². The number of halogens is 12. The van der Waals surface area contributed by atoms with Crippen LogP contribution in [-0.4, -0.2) is 189 Å². The fourth-order valence-corrected chi connectivity index (χ4v) is 53.8. The van der Waals surface area contributed by atoms with Gasteiger partial charge in [0.15, 0.2) is 40.5 Å². The van der Waals surface area contributed by atoms with Crippen molar-refractivity contribution in [2.75, 3.05) is 24.6 Å². The van der Waals surface area contributed by atoms with Gasteiger partial charge in [-0.05, 0) is 341 Å². The quantitative estimate of drug-likeness (QED) is 0.0411. The van der Waals surface area contributed by atoms with E-state index in [1.807, 2.05) is 21.2 Å². The summed E-state index contributed by atoms with van der Waals surface area (Å²) in [6.07, 6.45) is 86.8. The first-order valence-corrected chi connectivity index (χ1v) is 69.4. The molecule has 0 bridgehead atoms. The van der Waals surface area contributed by atoms with Crippen LogP contribution >= 0.6 is 63.4 Å². The van der Waals surface area contributed by atoms with Crippen LogP contribution in [0.3, 0.4) is 0 Å². The summed E-state index contributed by atoms with van der Waals surface area (Å²) in [6, 6.07) is 19.3. The van der Waals surface area contributed by atoms with E-state index in [9.17, 15) is 52.7 Å². The average molecular weight is 2700 g/mol. The summed E-state index contributed by atoms with van der Waals surface area (Å²) < 4.78 is 236. The van der Waals surface area contributed by atoms with Gasteiger partial charge in [-0.3, -0.25) is 0 Å². The predicted molar refractivity (Wildman–Crippen MR) is 624 cm³/mol. The Balaban J connectivity index is -0.000000178. The molecule has 2 aromatic rings. The third-order valence-corrected chi connectivity index (χ3v) is 63.1. The Morgan fingerprint density at radius 3 is 0.365 bits per heavy atom. The summed E-state index contributed by atoms with van der Waals surface area (Å²) in [6.45, 7) is 40.5. The molecule has 8 aliphatic heterocycles. The van der Waals surface area contributed by atoms with Crippen molar-refractivity contribution in [3.8, 4) is 0 Å². The molecule has 148 heavy (non-hydrogen) atoms. The Hall–Kier alpha value is 1.09. The van der Waals surface area contributed by atoms with Crippen molar-refractivity contribution in [3.63, 3.8) is 0 Å². The number of rotatable bonds is 10. The van der Waals surface area contributed by atoms with Crippen LogP contribution in [0.5, 0.6) is 0 Å². The molecule has 14 rings (SSSR count). The first-order valence-electron chi connectivity index (χ1n) is 49.7. The zero-order chi connectivity index (χ0) is 103. The number of hydrogen-bond acceptors (Lipinski definition) is 12. The van der Waals surface area contributed by atoms with Gasteiger partial charge in [0.2, 0.25) is 0 Å². The smallest absolute Gasteiger partial charge is 0.741 e. The maximum Gasteiger partial charge on any atom is 3.00 e. The van der Waals surface area contributed by atoms with Gasteiger partial charge in [0.05, 0.1) is 115 Å². The molecule has 2 aromatic carbocycles.